The molecule has 1 aromatic heterocycles. The van der Waals surface area contributed by atoms with Crippen molar-refractivity contribution in [2.75, 3.05) is 0 Å². The third-order valence-electron chi connectivity index (χ3n) is 6.64. The molecule has 170 valence electrons. The van der Waals surface area contributed by atoms with E-state index >= 15 is 0 Å². The summed E-state index contributed by atoms with van der Waals surface area (Å²) < 4.78 is 43.5. The summed E-state index contributed by atoms with van der Waals surface area (Å²) in [5.41, 5.74) is 4.05. The quantitative estimate of drug-likeness (QED) is 0.211. The van der Waals surface area contributed by atoms with Crippen LogP contribution in [-0.2, 0) is 0 Å². The fourth-order valence-electron chi connectivity index (χ4n) is 5.17. The predicted octanol–water partition coefficient (Wildman–Crippen LogP) is 10.9. The van der Waals surface area contributed by atoms with Gasteiger partial charge in [0.1, 0.15) is 0 Å². The zero-order valence-electron chi connectivity index (χ0n) is 24.0. The van der Waals surface area contributed by atoms with Crippen molar-refractivity contribution in [3.63, 3.8) is 0 Å². The molecular formula is C34H21ClS. The van der Waals surface area contributed by atoms with Crippen LogP contribution in [0.1, 0.15) is 6.85 Å². The van der Waals surface area contributed by atoms with Crippen molar-refractivity contribution in [1.29, 1.82) is 0 Å². The molecule has 36 heavy (non-hydrogen) atoms. The molecule has 0 unspecified atom stereocenters. The molecule has 0 fully saturated rings. The number of rotatable bonds is 3. The standard InChI is InChI=1S/C34H21ClS/c35-29-21-11-20-28-31(23-14-5-2-6-15-23)34(36-33(28)29)32-26-18-9-7-16-24(26)30(22-12-3-1-4-13-22)25-17-8-10-19-27(25)32/h1-21H/i1D,3D,4D,12D,13D. The summed E-state index contributed by atoms with van der Waals surface area (Å²) in [5.74, 6) is 0. The highest BCUT2D eigenvalue weighted by Gasteiger charge is 2.22. The maximum Gasteiger partial charge on any atom is 0.0629 e. The van der Waals surface area contributed by atoms with Gasteiger partial charge in [0.05, 0.1) is 16.6 Å². The van der Waals surface area contributed by atoms with Crippen LogP contribution in [0.25, 0.3) is 64.3 Å². The number of hydrogen-bond donors (Lipinski definition) is 0. The summed E-state index contributed by atoms with van der Waals surface area (Å²) in [6, 6.07) is 30.7. The lowest BCUT2D eigenvalue weighted by Gasteiger charge is -2.18. The molecule has 7 rings (SSSR count). The van der Waals surface area contributed by atoms with Crippen LogP contribution in [0.5, 0.6) is 0 Å². The molecule has 0 aliphatic heterocycles. The highest BCUT2D eigenvalue weighted by atomic mass is 35.5. The number of hydrogen-bond acceptors (Lipinski definition) is 1. The maximum absolute atomic E-state index is 8.80. The van der Waals surface area contributed by atoms with Crippen LogP contribution >= 0.6 is 22.9 Å². The molecule has 2 heteroatoms. The third kappa shape index (κ3) is 3.28. The van der Waals surface area contributed by atoms with Gasteiger partial charge in [-0.1, -0.05) is 133 Å². The number of fused-ring (bicyclic) bond motifs is 3. The molecule has 1 heterocycles. The van der Waals surface area contributed by atoms with Gasteiger partial charge >= 0.3 is 0 Å². The average Bonchev–Trinajstić information content (AvgIpc) is 3.39. The summed E-state index contributed by atoms with van der Waals surface area (Å²) >= 11 is 8.41. The maximum atomic E-state index is 8.80. The lowest BCUT2D eigenvalue weighted by Crippen LogP contribution is -1.90. The highest BCUT2D eigenvalue weighted by Crippen LogP contribution is 2.52. The largest absolute Gasteiger partial charge is 0.133 e. The molecule has 6 aromatic carbocycles. The second-order valence-corrected chi connectivity index (χ2v) is 10.1. The first-order valence-corrected chi connectivity index (χ1v) is 12.9. The van der Waals surface area contributed by atoms with E-state index in [1.807, 2.05) is 66.7 Å². The van der Waals surface area contributed by atoms with Crippen molar-refractivity contribution in [2.45, 2.75) is 0 Å². The van der Waals surface area contributed by atoms with Crippen molar-refractivity contribution in [3.05, 3.63) is 132 Å². The van der Waals surface area contributed by atoms with E-state index in [0.29, 0.717) is 10.6 Å². The first-order valence-electron chi connectivity index (χ1n) is 14.2. The summed E-state index contributed by atoms with van der Waals surface area (Å²) in [7, 11) is 0. The normalized spacial score (nSPS) is 13.4. The van der Waals surface area contributed by atoms with Crippen molar-refractivity contribution in [3.8, 4) is 32.7 Å². The van der Waals surface area contributed by atoms with Crippen LogP contribution in [0.4, 0.5) is 0 Å². The van der Waals surface area contributed by atoms with Crippen LogP contribution in [0, 0.1) is 0 Å². The van der Waals surface area contributed by atoms with E-state index in [9.17, 15) is 0 Å². The predicted molar refractivity (Wildman–Crippen MR) is 158 cm³/mol. The van der Waals surface area contributed by atoms with Crippen LogP contribution in [0.3, 0.4) is 0 Å². The van der Waals surface area contributed by atoms with Crippen LogP contribution in [0.2, 0.25) is 5.02 Å². The Balaban J connectivity index is 1.70. The van der Waals surface area contributed by atoms with Gasteiger partial charge in [-0.2, -0.15) is 0 Å². The van der Waals surface area contributed by atoms with E-state index in [-0.39, 0.29) is 29.7 Å². The monoisotopic (exact) mass is 501 g/mol. The van der Waals surface area contributed by atoms with Crippen molar-refractivity contribution in [1.82, 2.24) is 0 Å². The Kier molecular flexibility index (Phi) is 4.01. The van der Waals surface area contributed by atoms with Gasteiger partial charge in [0.25, 0.3) is 0 Å². The third-order valence-corrected chi connectivity index (χ3v) is 8.32. The Morgan fingerprint density at radius 2 is 1.06 bits per heavy atom. The average molecular weight is 502 g/mol. The summed E-state index contributed by atoms with van der Waals surface area (Å²) in [4.78, 5) is 1.07. The lowest BCUT2D eigenvalue weighted by atomic mass is 9.86. The van der Waals surface area contributed by atoms with Gasteiger partial charge in [-0.15, -0.1) is 11.3 Å². The van der Waals surface area contributed by atoms with Crippen molar-refractivity contribution in [2.24, 2.45) is 0 Å². The molecule has 0 nitrogen and oxygen atoms in total. The molecule has 0 radical (unpaired) electrons. The molecule has 0 aliphatic rings. The summed E-state index contributed by atoms with van der Waals surface area (Å²) in [6.45, 7) is 0. The number of thiophene rings is 1. The molecule has 0 atom stereocenters. The van der Waals surface area contributed by atoms with Crippen LogP contribution in [0.15, 0.2) is 127 Å². The Morgan fingerprint density at radius 1 is 0.500 bits per heavy atom. The first-order chi connectivity index (χ1) is 19.9. The van der Waals surface area contributed by atoms with Crippen molar-refractivity contribution < 1.29 is 6.85 Å². The van der Waals surface area contributed by atoms with Gasteiger partial charge in [-0.3, -0.25) is 0 Å². The Labute approximate surface area is 226 Å². The second kappa shape index (κ2) is 8.64. The fraction of sp³-hybridized carbons (Fsp3) is 0. The molecule has 0 amide bonds. The minimum absolute atomic E-state index is 0.206. The van der Waals surface area contributed by atoms with E-state index in [1.165, 1.54) is 0 Å². The zero-order chi connectivity index (χ0) is 28.4. The van der Waals surface area contributed by atoms with E-state index in [4.69, 9.17) is 18.5 Å². The SMILES string of the molecule is [2H]c1c([2H])c([2H])c(-c2c3ccccc3c(-c3sc4c(Cl)cccc4c3-c3ccccc3)c3ccccc23)c([2H])c1[2H]. The molecule has 7 aromatic rings. The van der Waals surface area contributed by atoms with E-state index < -0.39 is 6.04 Å². The number of halogens is 1. The Hall–Kier alpha value is -3.91. The lowest BCUT2D eigenvalue weighted by molar-refractivity contribution is 1.66. The van der Waals surface area contributed by atoms with Crippen molar-refractivity contribution >= 4 is 54.6 Å². The fourth-order valence-corrected chi connectivity index (χ4v) is 6.76. The molecule has 0 bridgehead atoms. The zero-order valence-corrected chi connectivity index (χ0v) is 20.6. The van der Waals surface area contributed by atoms with Gasteiger partial charge in [0.15, 0.2) is 0 Å². The van der Waals surface area contributed by atoms with Gasteiger partial charge in [0.2, 0.25) is 0 Å². The van der Waals surface area contributed by atoms with E-state index in [2.05, 4.69) is 30.3 Å². The highest BCUT2D eigenvalue weighted by molar-refractivity contribution is 7.23. The molecule has 0 aliphatic carbocycles. The van der Waals surface area contributed by atoms with E-state index in [1.54, 1.807) is 11.3 Å². The molecule has 0 saturated carbocycles. The summed E-state index contributed by atoms with van der Waals surface area (Å²) in [5, 5.41) is 5.29. The smallest absolute Gasteiger partial charge is 0.0629 e. The minimum Gasteiger partial charge on any atom is -0.133 e. The first kappa shape index (κ1) is 16.7. The minimum atomic E-state index is -0.399. The summed E-state index contributed by atoms with van der Waals surface area (Å²) in [6.07, 6.45) is 0. The molecular weight excluding hydrogens is 476 g/mol. The molecule has 0 spiro atoms. The topological polar surface area (TPSA) is 0 Å². The van der Waals surface area contributed by atoms with Crippen LogP contribution < -0.4 is 0 Å². The van der Waals surface area contributed by atoms with E-state index in [0.717, 1.165) is 53.2 Å². The second-order valence-electron chi connectivity index (χ2n) is 8.63. The molecule has 0 N–H and O–H groups in total. The van der Waals surface area contributed by atoms with Gasteiger partial charge in [0, 0.05) is 21.4 Å². The van der Waals surface area contributed by atoms with Gasteiger partial charge < -0.3 is 0 Å². The van der Waals surface area contributed by atoms with Crippen LogP contribution in [-0.4, -0.2) is 0 Å². The number of benzene rings is 6. The Bertz CT molecular complexity index is 2080. The molecule has 0 saturated heterocycles. The van der Waals surface area contributed by atoms with Gasteiger partial charge in [-0.25, -0.2) is 0 Å². The van der Waals surface area contributed by atoms with Gasteiger partial charge in [-0.05, 0) is 44.3 Å². The Morgan fingerprint density at radius 3 is 1.69 bits per heavy atom.